The molecule has 2 atom stereocenters. The van der Waals surface area contributed by atoms with Gasteiger partial charge in [-0.25, -0.2) is 27.2 Å². The maximum Gasteiger partial charge on any atom is 0.341 e. The summed E-state index contributed by atoms with van der Waals surface area (Å²) in [6, 6.07) is 2.04. The molecule has 4 aromatic rings. The fourth-order valence-corrected chi connectivity index (χ4v) is 6.61. The van der Waals surface area contributed by atoms with E-state index in [1.54, 1.807) is 23.6 Å². The van der Waals surface area contributed by atoms with Crippen molar-refractivity contribution in [2.75, 3.05) is 49.1 Å². The molecular formula is C34H38F4N6O6. The van der Waals surface area contributed by atoms with Crippen LogP contribution in [-0.4, -0.2) is 82.6 Å². The van der Waals surface area contributed by atoms with Crippen LogP contribution in [0.1, 0.15) is 48.4 Å². The number of aryl methyl sites for hydroxylation is 2. The average molecular weight is 703 g/mol. The molecule has 50 heavy (non-hydrogen) atoms. The molecule has 6 rings (SSSR count). The summed E-state index contributed by atoms with van der Waals surface area (Å²) < 4.78 is 62.3. The third-order valence-electron chi connectivity index (χ3n) is 8.97. The second kappa shape index (κ2) is 14.5. The first-order valence-electron chi connectivity index (χ1n) is 16.2. The van der Waals surface area contributed by atoms with Crippen LogP contribution in [0.3, 0.4) is 0 Å². The van der Waals surface area contributed by atoms with Crippen LogP contribution in [0.15, 0.2) is 34.1 Å². The molecular weight excluding hydrogens is 664 g/mol. The largest absolute Gasteiger partial charge is 0.477 e. The fourth-order valence-electron chi connectivity index (χ4n) is 6.61. The van der Waals surface area contributed by atoms with Crippen LogP contribution in [0, 0.1) is 23.3 Å². The van der Waals surface area contributed by atoms with Gasteiger partial charge in [0.1, 0.15) is 34.1 Å². The molecule has 0 saturated carbocycles. The Bertz CT molecular complexity index is 1970. The summed E-state index contributed by atoms with van der Waals surface area (Å²) in [7, 11) is 0. The predicted molar refractivity (Wildman–Crippen MR) is 181 cm³/mol. The Kier molecular flexibility index (Phi) is 10.5. The van der Waals surface area contributed by atoms with Gasteiger partial charge in [0.2, 0.25) is 10.9 Å². The summed E-state index contributed by atoms with van der Waals surface area (Å²) in [5.74, 6) is -6.23. The lowest BCUT2D eigenvalue weighted by Crippen LogP contribution is -2.49. The number of halogens is 4. The summed E-state index contributed by atoms with van der Waals surface area (Å²) in [5, 5.41) is 24.2. The quantitative estimate of drug-likeness (QED) is 0.220. The number of aromatic carboxylic acids is 2. The van der Waals surface area contributed by atoms with E-state index in [2.05, 4.69) is 10.6 Å². The van der Waals surface area contributed by atoms with E-state index in [0.717, 1.165) is 24.5 Å². The van der Waals surface area contributed by atoms with Crippen LogP contribution in [-0.2, 0) is 13.1 Å². The third kappa shape index (κ3) is 6.64. The number of carbonyl (C=O) groups is 2. The predicted octanol–water partition coefficient (Wildman–Crippen LogP) is 3.59. The Morgan fingerprint density at radius 3 is 1.38 bits per heavy atom. The number of carboxylic acids is 2. The molecule has 2 saturated heterocycles. The normalized spacial score (nSPS) is 17.9. The lowest BCUT2D eigenvalue weighted by molar-refractivity contribution is 0.0684. The average Bonchev–Trinajstić information content (AvgIpc) is 3.06. The number of hydrogen-bond acceptors (Lipinski definition) is 8. The van der Waals surface area contributed by atoms with Crippen molar-refractivity contribution in [2.24, 2.45) is 0 Å². The van der Waals surface area contributed by atoms with Crippen molar-refractivity contribution in [3.63, 3.8) is 0 Å². The molecule has 16 heteroatoms. The van der Waals surface area contributed by atoms with E-state index < -0.39 is 57.2 Å². The SMILES string of the molecule is CCn1cc(C(=O)O)c(=O)c2cc(F)c(N3CCNC(C)C3)c(F)c21.CCn1cc(C(=O)O)c(=O)c2cc(F)c(N3CCNC(C)C3)c(F)c21. The van der Waals surface area contributed by atoms with Gasteiger partial charge in [-0.3, -0.25) is 9.59 Å². The number of nitrogens with zero attached hydrogens (tertiary/aromatic N) is 4. The maximum atomic E-state index is 15.2. The van der Waals surface area contributed by atoms with E-state index in [1.807, 2.05) is 13.8 Å². The smallest absolute Gasteiger partial charge is 0.341 e. The molecule has 0 amide bonds. The minimum atomic E-state index is -1.42. The van der Waals surface area contributed by atoms with Gasteiger partial charge in [-0.1, -0.05) is 0 Å². The number of aromatic nitrogens is 2. The van der Waals surface area contributed by atoms with Crippen LogP contribution in [0.2, 0.25) is 0 Å². The Hall–Kier alpha value is -4.96. The molecule has 268 valence electrons. The highest BCUT2D eigenvalue weighted by molar-refractivity contribution is 5.95. The number of pyridine rings is 2. The molecule has 2 aromatic heterocycles. The second-order valence-corrected chi connectivity index (χ2v) is 12.4. The molecule has 0 spiro atoms. The summed E-state index contributed by atoms with van der Waals surface area (Å²) >= 11 is 0. The summed E-state index contributed by atoms with van der Waals surface area (Å²) in [4.78, 5) is 50.4. The molecule has 0 aliphatic carbocycles. The molecule has 2 unspecified atom stereocenters. The van der Waals surface area contributed by atoms with Gasteiger partial charge in [-0.05, 0) is 39.8 Å². The molecule has 4 heterocycles. The molecule has 0 radical (unpaired) electrons. The van der Waals surface area contributed by atoms with Crippen molar-refractivity contribution in [1.82, 2.24) is 19.8 Å². The molecule has 4 N–H and O–H groups in total. The van der Waals surface area contributed by atoms with Crippen molar-refractivity contribution >= 4 is 45.1 Å². The van der Waals surface area contributed by atoms with Gasteiger partial charge in [0.25, 0.3) is 0 Å². The van der Waals surface area contributed by atoms with Gasteiger partial charge >= 0.3 is 11.9 Å². The topological polar surface area (TPSA) is 149 Å². The summed E-state index contributed by atoms with van der Waals surface area (Å²) in [6.45, 7) is 10.7. The van der Waals surface area contributed by atoms with Gasteiger partial charge in [0, 0.05) is 76.8 Å². The Morgan fingerprint density at radius 1 is 0.720 bits per heavy atom. The van der Waals surface area contributed by atoms with E-state index in [1.165, 1.54) is 9.13 Å². The molecule has 2 aliphatic heterocycles. The number of nitrogens with one attached hydrogen (secondary N) is 2. The van der Waals surface area contributed by atoms with Crippen molar-refractivity contribution in [3.05, 3.63) is 79.4 Å². The zero-order valence-electron chi connectivity index (χ0n) is 27.9. The second-order valence-electron chi connectivity index (χ2n) is 12.4. The maximum absolute atomic E-state index is 15.2. The van der Waals surface area contributed by atoms with E-state index in [-0.39, 0.29) is 58.4 Å². The van der Waals surface area contributed by atoms with Crippen molar-refractivity contribution in [1.29, 1.82) is 0 Å². The van der Waals surface area contributed by atoms with Crippen LogP contribution in [0.5, 0.6) is 0 Å². The Labute approximate surface area is 283 Å². The fraction of sp³-hybridized carbons (Fsp3) is 0.412. The van der Waals surface area contributed by atoms with Gasteiger partial charge < -0.3 is 39.8 Å². The molecule has 2 aromatic carbocycles. The monoisotopic (exact) mass is 702 g/mol. The first-order chi connectivity index (χ1) is 23.7. The number of fused-ring (bicyclic) bond motifs is 2. The number of hydrogen-bond donors (Lipinski definition) is 4. The number of anilines is 2. The number of benzene rings is 2. The highest BCUT2D eigenvalue weighted by Gasteiger charge is 2.28. The molecule has 2 aliphatic rings. The van der Waals surface area contributed by atoms with Crippen molar-refractivity contribution < 1.29 is 37.4 Å². The van der Waals surface area contributed by atoms with E-state index >= 15 is 8.78 Å². The van der Waals surface area contributed by atoms with Gasteiger partial charge in [-0.2, -0.15) is 0 Å². The minimum Gasteiger partial charge on any atom is -0.477 e. The van der Waals surface area contributed by atoms with Crippen LogP contribution in [0.25, 0.3) is 21.8 Å². The lowest BCUT2D eigenvalue weighted by atomic mass is 10.1. The number of rotatable bonds is 6. The lowest BCUT2D eigenvalue weighted by Gasteiger charge is -2.34. The first kappa shape index (κ1) is 36.3. The summed E-state index contributed by atoms with van der Waals surface area (Å²) in [5.41, 5.74) is -3.26. The zero-order valence-corrected chi connectivity index (χ0v) is 27.9. The summed E-state index contributed by atoms with van der Waals surface area (Å²) in [6.07, 6.45) is 2.22. The minimum absolute atomic E-state index is 0.0694. The number of piperazine rings is 2. The molecule has 2 fully saturated rings. The number of carboxylic acid groups (broad SMARTS) is 2. The molecule has 0 bridgehead atoms. The van der Waals surface area contributed by atoms with Crippen LogP contribution in [0.4, 0.5) is 28.9 Å². The van der Waals surface area contributed by atoms with Crippen LogP contribution < -0.4 is 31.3 Å². The van der Waals surface area contributed by atoms with Crippen LogP contribution >= 0.6 is 0 Å². The van der Waals surface area contributed by atoms with Gasteiger partial charge in [0.05, 0.1) is 21.8 Å². The van der Waals surface area contributed by atoms with Gasteiger partial charge in [0.15, 0.2) is 11.6 Å². The Balaban J connectivity index is 0.000000194. The van der Waals surface area contributed by atoms with Gasteiger partial charge in [-0.15, -0.1) is 0 Å². The highest BCUT2D eigenvalue weighted by atomic mass is 19.1. The Morgan fingerprint density at radius 2 is 1.08 bits per heavy atom. The van der Waals surface area contributed by atoms with Crippen molar-refractivity contribution in [3.8, 4) is 0 Å². The van der Waals surface area contributed by atoms with Crippen molar-refractivity contribution in [2.45, 2.75) is 52.9 Å². The molecule has 12 nitrogen and oxygen atoms in total. The van der Waals surface area contributed by atoms with E-state index in [4.69, 9.17) is 10.2 Å². The van der Waals surface area contributed by atoms with E-state index in [9.17, 15) is 28.0 Å². The van der Waals surface area contributed by atoms with E-state index in [0.29, 0.717) is 39.3 Å². The highest BCUT2D eigenvalue weighted by Crippen LogP contribution is 2.32. The zero-order chi connectivity index (χ0) is 36.6. The standard InChI is InChI=1S/2C17H19F2N3O3/c2*1-3-21-8-11(17(24)25)16(23)10-6-12(18)15(13(19)14(10)21)22-5-4-20-9(2)7-22/h2*6,8-9,20H,3-5,7H2,1-2H3,(H,24,25). The first-order valence-corrected chi connectivity index (χ1v) is 16.2. The third-order valence-corrected chi connectivity index (χ3v) is 8.97.